The van der Waals surface area contributed by atoms with Gasteiger partial charge in [-0.1, -0.05) is 32.0 Å². The summed E-state index contributed by atoms with van der Waals surface area (Å²) in [4.78, 5) is 22.1. The van der Waals surface area contributed by atoms with Gasteiger partial charge in [0.1, 0.15) is 12.7 Å². The molecule has 1 aromatic rings. The van der Waals surface area contributed by atoms with E-state index in [0.717, 1.165) is 6.42 Å². The molecule has 1 saturated heterocycles. The van der Waals surface area contributed by atoms with Gasteiger partial charge in [-0.3, -0.25) is 4.79 Å². The number of carbonyl (C=O) groups excluding carboxylic acids is 1. The number of amides is 1. The van der Waals surface area contributed by atoms with E-state index in [-0.39, 0.29) is 24.7 Å². The Labute approximate surface area is 125 Å². The van der Waals surface area contributed by atoms with Crippen LogP contribution in [-0.2, 0) is 14.4 Å². The van der Waals surface area contributed by atoms with Gasteiger partial charge in [0, 0.05) is 6.04 Å². The van der Waals surface area contributed by atoms with E-state index in [4.69, 9.17) is 14.5 Å². The first-order valence-corrected chi connectivity index (χ1v) is 7.36. The lowest BCUT2D eigenvalue weighted by Crippen LogP contribution is -2.37. The zero-order chi connectivity index (χ0) is 15.2. The van der Waals surface area contributed by atoms with Gasteiger partial charge in [0.25, 0.3) is 5.91 Å². The molecule has 1 N–H and O–H groups in total. The number of ether oxygens (including phenoxy) is 1. The Hall–Kier alpha value is -1.59. The van der Waals surface area contributed by atoms with Gasteiger partial charge in [-0.05, 0) is 31.4 Å². The van der Waals surface area contributed by atoms with Crippen LogP contribution in [-0.4, -0.2) is 30.8 Å². The first-order valence-electron chi connectivity index (χ1n) is 7.36. The fourth-order valence-electron chi connectivity index (χ4n) is 2.24. The van der Waals surface area contributed by atoms with Crippen molar-refractivity contribution in [3.05, 3.63) is 30.3 Å². The summed E-state index contributed by atoms with van der Waals surface area (Å²) in [5, 5.41) is 2.95. The predicted octanol–water partition coefficient (Wildman–Crippen LogP) is 2.32. The zero-order valence-electron chi connectivity index (χ0n) is 12.7. The van der Waals surface area contributed by atoms with E-state index in [9.17, 15) is 4.79 Å². The Morgan fingerprint density at radius 1 is 1.29 bits per heavy atom. The number of epoxide rings is 1. The molecule has 0 saturated carbocycles. The average Bonchev–Trinajstić information content (AvgIpc) is 3.18. The highest BCUT2D eigenvalue weighted by Gasteiger charge is 2.45. The molecule has 0 radical (unpaired) electrons. The lowest BCUT2D eigenvalue weighted by molar-refractivity contribution is -0.209. The van der Waals surface area contributed by atoms with Crippen LogP contribution < -0.4 is 10.2 Å². The van der Waals surface area contributed by atoms with Crippen LogP contribution in [0, 0.1) is 5.92 Å². The molecular weight excluding hydrogens is 270 g/mol. The number of hydrogen-bond donors (Lipinski definition) is 1. The second kappa shape index (κ2) is 7.43. The Morgan fingerprint density at radius 2 is 2.00 bits per heavy atom. The van der Waals surface area contributed by atoms with E-state index >= 15 is 0 Å². The Morgan fingerprint density at radius 3 is 2.67 bits per heavy atom. The summed E-state index contributed by atoms with van der Waals surface area (Å²) in [5.41, 5.74) is 0. The molecule has 5 heteroatoms. The van der Waals surface area contributed by atoms with Crippen LogP contribution >= 0.6 is 0 Å². The number of nitrogens with one attached hydrogen (secondary N) is 1. The number of hydrogen-bond acceptors (Lipinski definition) is 4. The van der Waals surface area contributed by atoms with E-state index < -0.39 is 6.10 Å². The van der Waals surface area contributed by atoms with E-state index in [1.807, 2.05) is 25.1 Å². The smallest absolute Gasteiger partial charge is 0.252 e. The molecule has 1 aliphatic heterocycles. The molecule has 2 unspecified atom stereocenters. The molecule has 1 aliphatic rings. The van der Waals surface area contributed by atoms with E-state index in [2.05, 4.69) is 19.2 Å². The third-order valence-electron chi connectivity index (χ3n) is 3.19. The summed E-state index contributed by atoms with van der Waals surface area (Å²) in [6, 6.07) is 9.37. The normalized spacial score (nSPS) is 21.9. The summed E-state index contributed by atoms with van der Waals surface area (Å²) in [7, 11) is 0. The summed E-state index contributed by atoms with van der Waals surface area (Å²) in [6.07, 6.45) is 0.315. The van der Waals surface area contributed by atoms with Gasteiger partial charge >= 0.3 is 0 Å². The standard InChI is InChI=1S/C16H23NO4/c1-11(2)9-12(3)17-16(18)15-14(20-15)10-19-21-13-7-5-4-6-8-13/h4-8,11-12,14-15H,9-10H2,1-3H3,(H,17,18)/t12-,14?,15?/m1/s1. The van der Waals surface area contributed by atoms with Crippen molar-refractivity contribution in [1.29, 1.82) is 0 Å². The largest absolute Gasteiger partial charge is 0.356 e. The van der Waals surface area contributed by atoms with Gasteiger partial charge in [0.15, 0.2) is 11.9 Å². The molecule has 5 nitrogen and oxygen atoms in total. The Balaban J connectivity index is 1.62. The van der Waals surface area contributed by atoms with Crippen molar-refractivity contribution < 1.29 is 19.3 Å². The van der Waals surface area contributed by atoms with Crippen LogP contribution in [0.25, 0.3) is 0 Å². The van der Waals surface area contributed by atoms with Crippen LogP contribution in [0.1, 0.15) is 27.2 Å². The topological polar surface area (TPSA) is 60.1 Å². The lowest BCUT2D eigenvalue weighted by Gasteiger charge is -2.15. The van der Waals surface area contributed by atoms with E-state index in [1.54, 1.807) is 12.1 Å². The number of para-hydroxylation sites is 1. The third-order valence-corrected chi connectivity index (χ3v) is 3.19. The fraction of sp³-hybridized carbons (Fsp3) is 0.562. The zero-order valence-corrected chi connectivity index (χ0v) is 12.7. The predicted molar refractivity (Wildman–Crippen MR) is 78.7 cm³/mol. The van der Waals surface area contributed by atoms with Crippen molar-refractivity contribution in [2.24, 2.45) is 5.92 Å². The monoisotopic (exact) mass is 293 g/mol. The first kappa shape index (κ1) is 15.8. The molecule has 0 bridgehead atoms. The molecule has 0 aliphatic carbocycles. The van der Waals surface area contributed by atoms with Crippen molar-refractivity contribution in [1.82, 2.24) is 5.32 Å². The minimum absolute atomic E-state index is 0.0727. The van der Waals surface area contributed by atoms with E-state index in [0.29, 0.717) is 11.7 Å². The summed E-state index contributed by atoms with van der Waals surface area (Å²) in [6.45, 7) is 6.51. The number of benzene rings is 1. The molecule has 2 rings (SSSR count). The number of carbonyl (C=O) groups is 1. The Kier molecular flexibility index (Phi) is 5.59. The van der Waals surface area contributed by atoms with Gasteiger partial charge in [-0.15, -0.1) is 0 Å². The van der Waals surface area contributed by atoms with Crippen molar-refractivity contribution >= 4 is 5.91 Å². The second-order valence-corrected chi connectivity index (χ2v) is 5.82. The van der Waals surface area contributed by atoms with Gasteiger partial charge < -0.3 is 14.9 Å². The molecule has 1 heterocycles. The van der Waals surface area contributed by atoms with Gasteiger partial charge in [-0.25, -0.2) is 0 Å². The maximum absolute atomic E-state index is 11.9. The minimum Gasteiger partial charge on any atom is -0.356 e. The molecule has 3 atom stereocenters. The van der Waals surface area contributed by atoms with Crippen molar-refractivity contribution in [3.63, 3.8) is 0 Å². The van der Waals surface area contributed by atoms with Gasteiger partial charge in [0.2, 0.25) is 0 Å². The highest BCUT2D eigenvalue weighted by Crippen LogP contribution is 2.23. The molecular formula is C16H23NO4. The SMILES string of the molecule is CC(C)C[C@@H](C)NC(=O)C1OC1COOc1ccccc1. The second-order valence-electron chi connectivity index (χ2n) is 5.82. The number of rotatable bonds is 8. The molecule has 0 aromatic heterocycles. The van der Waals surface area contributed by atoms with Crippen LogP contribution in [0.4, 0.5) is 0 Å². The van der Waals surface area contributed by atoms with Gasteiger partial charge in [0.05, 0.1) is 0 Å². The maximum atomic E-state index is 11.9. The molecule has 1 amide bonds. The summed E-state index contributed by atoms with van der Waals surface area (Å²) < 4.78 is 5.31. The minimum atomic E-state index is -0.418. The molecule has 116 valence electrons. The molecule has 1 aromatic carbocycles. The van der Waals surface area contributed by atoms with Crippen LogP contribution in [0.15, 0.2) is 30.3 Å². The summed E-state index contributed by atoms with van der Waals surface area (Å²) in [5.74, 6) is 1.11. The van der Waals surface area contributed by atoms with Crippen LogP contribution in [0.3, 0.4) is 0 Å². The molecule has 1 fully saturated rings. The highest BCUT2D eigenvalue weighted by molar-refractivity contribution is 5.83. The average molecular weight is 293 g/mol. The quantitative estimate of drug-likeness (QED) is 0.454. The van der Waals surface area contributed by atoms with Crippen molar-refractivity contribution in [3.8, 4) is 5.75 Å². The Bertz CT molecular complexity index is 449. The lowest BCUT2D eigenvalue weighted by atomic mass is 10.1. The maximum Gasteiger partial charge on any atom is 0.252 e. The highest BCUT2D eigenvalue weighted by atomic mass is 17.2. The fourth-order valence-corrected chi connectivity index (χ4v) is 2.24. The van der Waals surface area contributed by atoms with Crippen LogP contribution in [0.2, 0.25) is 0 Å². The summed E-state index contributed by atoms with van der Waals surface area (Å²) >= 11 is 0. The van der Waals surface area contributed by atoms with Crippen molar-refractivity contribution in [2.75, 3.05) is 6.61 Å². The van der Waals surface area contributed by atoms with E-state index in [1.165, 1.54) is 0 Å². The van der Waals surface area contributed by atoms with Gasteiger partial charge in [-0.2, -0.15) is 4.89 Å². The molecule has 21 heavy (non-hydrogen) atoms. The van der Waals surface area contributed by atoms with Crippen LogP contribution in [0.5, 0.6) is 5.75 Å². The first-order chi connectivity index (χ1) is 10.1. The van der Waals surface area contributed by atoms with Crippen molar-refractivity contribution in [2.45, 2.75) is 45.4 Å². The third kappa shape index (κ3) is 5.36. The molecule has 0 spiro atoms.